The molecule has 1 unspecified atom stereocenters. The van der Waals surface area contributed by atoms with Gasteiger partial charge in [-0.05, 0) is 13.0 Å². The molecule has 3 N–H and O–H groups in total. The van der Waals surface area contributed by atoms with Crippen molar-refractivity contribution < 1.29 is 18.9 Å². The van der Waals surface area contributed by atoms with Crippen molar-refractivity contribution in [3.8, 4) is 0 Å². The summed E-state index contributed by atoms with van der Waals surface area (Å²) in [6.45, 7) is 2.51. The van der Waals surface area contributed by atoms with Gasteiger partial charge in [0, 0.05) is 17.7 Å². The molecule has 132 valence electrons. The summed E-state index contributed by atoms with van der Waals surface area (Å²) >= 11 is 0. The van der Waals surface area contributed by atoms with Crippen LogP contribution in [0.3, 0.4) is 0 Å². The van der Waals surface area contributed by atoms with Crippen LogP contribution in [0, 0.1) is 5.82 Å². The normalized spacial score (nSPS) is 12.9. The van der Waals surface area contributed by atoms with Gasteiger partial charge in [0.25, 0.3) is 5.91 Å². The third-order valence-electron chi connectivity index (χ3n) is 3.89. The van der Waals surface area contributed by atoms with Gasteiger partial charge in [0.1, 0.15) is 12.4 Å². The number of benzene rings is 2. The molecule has 0 spiro atoms. The number of carbonyl (C=O) groups excluding carboxylic acids is 2. The number of amides is 3. The Balaban J connectivity index is 2.23. The zero-order valence-electron chi connectivity index (χ0n) is 14.4. The van der Waals surface area contributed by atoms with E-state index in [-0.39, 0.29) is 5.82 Å². The quantitative estimate of drug-likeness (QED) is 0.742. The van der Waals surface area contributed by atoms with E-state index in [9.17, 15) is 14.0 Å². The van der Waals surface area contributed by atoms with Gasteiger partial charge < -0.3 is 10.2 Å². The average Bonchev–Trinajstić information content (AvgIpc) is 2.58. The van der Waals surface area contributed by atoms with Gasteiger partial charge in [-0.15, -0.1) is 0 Å². The van der Waals surface area contributed by atoms with E-state index < -0.39 is 18.0 Å². The van der Waals surface area contributed by atoms with E-state index in [2.05, 4.69) is 10.6 Å². The van der Waals surface area contributed by atoms with Crippen LogP contribution in [0.1, 0.15) is 24.1 Å². The standard InChI is InChI=1S/C19H22FN3O2/c1-3-21-19(25)22-18(24)17(14-9-5-4-6-10-14)23(2)13-15-11-7-8-12-16(15)20/h4-12,17H,3,13H2,1-2H3,(H2,21,22,24,25)/p+1/t17-/m1/s1. The number of urea groups is 1. The molecule has 0 aromatic heterocycles. The first-order valence-corrected chi connectivity index (χ1v) is 8.22. The molecule has 0 radical (unpaired) electrons. The molecule has 0 bridgehead atoms. The fourth-order valence-electron chi connectivity index (χ4n) is 2.74. The van der Waals surface area contributed by atoms with E-state index in [1.165, 1.54) is 6.07 Å². The lowest BCUT2D eigenvalue weighted by molar-refractivity contribution is -0.916. The SMILES string of the molecule is CCNC(=O)NC(=O)[C@@H](c1ccccc1)[NH+](C)Cc1ccccc1F. The van der Waals surface area contributed by atoms with Gasteiger partial charge in [-0.25, -0.2) is 9.18 Å². The summed E-state index contributed by atoms with van der Waals surface area (Å²) in [7, 11) is 1.81. The Morgan fingerprint density at radius 3 is 2.36 bits per heavy atom. The Kier molecular flexibility index (Phi) is 6.65. The summed E-state index contributed by atoms with van der Waals surface area (Å²) in [6, 6.07) is 14.5. The van der Waals surface area contributed by atoms with Crippen LogP contribution in [0.4, 0.5) is 9.18 Å². The number of halogens is 1. The van der Waals surface area contributed by atoms with Gasteiger partial charge in [-0.3, -0.25) is 10.1 Å². The highest BCUT2D eigenvalue weighted by Gasteiger charge is 2.30. The number of hydrogen-bond donors (Lipinski definition) is 3. The lowest BCUT2D eigenvalue weighted by atomic mass is 10.0. The van der Waals surface area contributed by atoms with Crippen molar-refractivity contribution >= 4 is 11.9 Å². The van der Waals surface area contributed by atoms with Crippen LogP contribution in [-0.2, 0) is 11.3 Å². The minimum absolute atomic E-state index is 0.308. The largest absolute Gasteiger partial charge is 0.338 e. The molecule has 0 heterocycles. The second-order valence-electron chi connectivity index (χ2n) is 5.81. The molecule has 2 rings (SSSR count). The molecule has 5 nitrogen and oxygen atoms in total. The van der Waals surface area contributed by atoms with Crippen molar-refractivity contribution in [3.63, 3.8) is 0 Å². The number of carbonyl (C=O) groups is 2. The molecule has 0 aliphatic rings. The van der Waals surface area contributed by atoms with Crippen molar-refractivity contribution in [2.75, 3.05) is 13.6 Å². The molecular formula is C19H23FN3O2+. The third-order valence-corrected chi connectivity index (χ3v) is 3.89. The van der Waals surface area contributed by atoms with Crippen LogP contribution < -0.4 is 15.5 Å². The predicted molar refractivity (Wildman–Crippen MR) is 93.4 cm³/mol. The summed E-state index contributed by atoms with van der Waals surface area (Å²) in [4.78, 5) is 25.1. The Labute approximate surface area is 146 Å². The van der Waals surface area contributed by atoms with E-state index in [1.807, 2.05) is 30.3 Å². The maximum Gasteiger partial charge on any atom is 0.321 e. The van der Waals surface area contributed by atoms with E-state index in [0.717, 1.165) is 10.5 Å². The Morgan fingerprint density at radius 1 is 1.08 bits per heavy atom. The lowest BCUT2D eigenvalue weighted by Crippen LogP contribution is -3.09. The first-order chi connectivity index (χ1) is 12.0. The Hall–Kier alpha value is -2.73. The van der Waals surface area contributed by atoms with Crippen LogP contribution in [0.5, 0.6) is 0 Å². The molecule has 2 atom stereocenters. The van der Waals surface area contributed by atoms with E-state index in [0.29, 0.717) is 18.7 Å². The zero-order valence-corrected chi connectivity index (χ0v) is 14.4. The monoisotopic (exact) mass is 344 g/mol. The highest BCUT2D eigenvalue weighted by atomic mass is 19.1. The third kappa shape index (κ3) is 5.12. The topological polar surface area (TPSA) is 62.6 Å². The second kappa shape index (κ2) is 8.94. The molecule has 2 aromatic rings. The second-order valence-corrected chi connectivity index (χ2v) is 5.81. The fourth-order valence-corrected chi connectivity index (χ4v) is 2.74. The molecule has 0 saturated heterocycles. The molecule has 0 saturated carbocycles. The van der Waals surface area contributed by atoms with Crippen molar-refractivity contribution in [1.29, 1.82) is 0 Å². The smallest absolute Gasteiger partial charge is 0.321 e. The van der Waals surface area contributed by atoms with Gasteiger partial charge in [-0.1, -0.05) is 48.5 Å². The highest BCUT2D eigenvalue weighted by Crippen LogP contribution is 2.11. The summed E-state index contributed by atoms with van der Waals surface area (Å²) in [5.41, 5.74) is 1.28. The number of imide groups is 1. The van der Waals surface area contributed by atoms with Crippen LogP contribution >= 0.6 is 0 Å². The number of likely N-dealkylation sites (N-methyl/N-ethyl adjacent to an activating group) is 1. The maximum atomic E-state index is 13.9. The molecule has 6 heteroatoms. The summed E-state index contributed by atoms with van der Waals surface area (Å²) in [5, 5.41) is 4.90. The highest BCUT2D eigenvalue weighted by molar-refractivity contribution is 5.96. The van der Waals surface area contributed by atoms with Crippen molar-refractivity contribution in [1.82, 2.24) is 10.6 Å². The minimum Gasteiger partial charge on any atom is -0.338 e. The zero-order chi connectivity index (χ0) is 18.2. The predicted octanol–water partition coefficient (Wildman–Crippen LogP) is 1.43. The lowest BCUT2D eigenvalue weighted by Gasteiger charge is -2.24. The molecule has 25 heavy (non-hydrogen) atoms. The van der Waals surface area contributed by atoms with Crippen LogP contribution in [0.15, 0.2) is 54.6 Å². The minimum atomic E-state index is -0.636. The molecule has 0 aliphatic heterocycles. The summed E-state index contributed by atoms with van der Waals surface area (Å²) in [5.74, 6) is -0.733. The van der Waals surface area contributed by atoms with Crippen LogP contribution in [0.25, 0.3) is 0 Å². The van der Waals surface area contributed by atoms with Crippen LogP contribution in [0.2, 0.25) is 0 Å². The van der Waals surface area contributed by atoms with Gasteiger partial charge in [0.15, 0.2) is 6.04 Å². The Bertz CT molecular complexity index is 722. The number of quaternary nitrogens is 1. The molecule has 0 aliphatic carbocycles. The van der Waals surface area contributed by atoms with Crippen molar-refractivity contribution in [3.05, 3.63) is 71.5 Å². The van der Waals surface area contributed by atoms with Gasteiger partial charge >= 0.3 is 6.03 Å². The van der Waals surface area contributed by atoms with E-state index in [4.69, 9.17) is 0 Å². The summed E-state index contributed by atoms with van der Waals surface area (Å²) in [6.07, 6.45) is 0. The number of hydrogen-bond acceptors (Lipinski definition) is 2. The van der Waals surface area contributed by atoms with Gasteiger partial charge in [-0.2, -0.15) is 0 Å². The Morgan fingerprint density at radius 2 is 1.72 bits per heavy atom. The molecule has 3 amide bonds. The van der Waals surface area contributed by atoms with E-state index >= 15 is 0 Å². The fraction of sp³-hybridized carbons (Fsp3) is 0.263. The van der Waals surface area contributed by atoms with E-state index in [1.54, 1.807) is 32.2 Å². The van der Waals surface area contributed by atoms with Crippen molar-refractivity contribution in [2.24, 2.45) is 0 Å². The van der Waals surface area contributed by atoms with Crippen LogP contribution in [-0.4, -0.2) is 25.5 Å². The maximum absolute atomic E-state index is 13.9. The number of nitrogens with one attached hydrogen (secondary N) is 3. The van der Waals surface area contributed by atoms with Gasteiger partial charge in [0.05, 0.1) is 7.05 Å². The average molecular weight is 344 g/mol. The number of rotatable bonds is 6. The first kappa shape index (κ1) is 18.6. The molecule has 0 fully saturated rings. The summed E-state index contributed by atoms with van der Waals surface area (Å²) < 4.78 is 13.9. The molecule has 2 aromatic carbocycles. The first-order valence-electron chi connectivity index (χ1n) is 8.22. The molecular weight excluding hydrogens is 321 g/mol. The van der Waals surface area contributed by atoms with Crippen molar-refractivity contribution in [2.45, 2.75) is 19.5 Å². The van der Waals surface area contributed by atoms with Gasteiger partial charge in [0.2, 0.25) is 0 Å².